The van der Waals surface area contributed by atoms with E-state index in [4.69, 9.17) is 9.15 Å². The minimum Gasteiger partial charge on any atom is -0.434 e. The summed E-state index contributed by atoms with van der Waals surface area (Å²) >= 11 is 0. The number of hydrogen-bond acceptors (Lipinski definition) is 3. The van der Waals surface area contributed by atoms with E-state index in [-0.39, 0.29) is 5.92 Å². The van der Waals surface area contributed by atoms with Crippen molar-refractivity contribution in [3.63, 3.8) is 0 Å². The van der Waals surface area contributed by atoms with Gasteiger partial charge in [0.25, 0.3) is 5.95 Å². The number of benzene rings is 3. The van der Waals surface area contributed by atoms with Crippen LogP contribution in [0.3, 0.4) is 0 Å². The molecule has 0 saturated heterocycles. The molecule has 0 bridgehead atoms. The number of hydrogen-bond donors (Lipinski definition) is 0. The van der Waals surface area contributed by atoms with E-state index in [9.17, 15) is 4.79 Å². The van der Waals surface area contributed by atoms with Gasteiger partial charge in [0.2, 0.25) is 0 Å². The highest BCUT2D eigenvalue weighted by molar-refractivity contribution is 6.08. The summed E-state index contributed by atoms with van der Waals surface area (Å²) in [6, 6.07) is 19.4. The third-order valence-electron chi connectivity index (χ3n) is 5.80. The monoisotopic (exact) mass is 368 g/mol. The summed E-state index contributed by atoms with van der Waals surface area (Å²) in [5.74, 6) is 0.0761. The van der Waals surface area contributed by atoms with Crippen molar-refractivity contribution in [1.29, 1.82) is 0 Å². The smallest absolute Gasteiger partial charge is 0.337 e. The van der Waals surface area contributed by atoms with E-state index in [1.165, 1.54) is 32.7 Å². The fraction of sp³-hybridized carbons (Fsp3) is 0.160. The Morgan fingerprint density at radius 1 is 1.04 bits per heavy atom. The summed E-state index contributed by atoms with van der Waals surface area (Å²) in [6.45, 7) is 3.45. The number of carbonyl (C=O) groups is 1. The molecule has 0 fully saturated rings. The van der Waals surface area contributed by atoms with Crippen molar-refractivity contribution in [2.45, 2.75) is 25.2 Å². The van der Waals surface area contributed by atoms with Gasteiger partial charge >= 0.3 is 5.97 Å². The zero-order valence-corrected chi connectivity index (χ0v) is 15.5. The molecule has 1 heterocycles. The minimum absolute atomic E-state index is 0.275. The molecule has 1 aromatic heterocycles. The Hall–Kier alpha value is -3.33. The fourth-order valence-electron chi connectivity index (χ4n) is 4.46. The second kappa shape index (κ2) is 6.68. The molecule has 0 spiro atoms. The van der Waals surface area contributed by atoms with Gasteiger partial charge in [0.15, 0.2) is 0 Å². The van der Waals surface area contributed by atoms with Gasteiger partial charge < -0.3 is 9.15 Å². The predicted octanol–water partition coefficient (Wildman–Crippen LogP) is 5.95. The first-order chi connectivity index (χ1) is 13.7. The van der Waals surface area contributed by atoms with Crippen LogP contribution in [0, 0.1) is 0 Å². The van der Waals surface area contributed by atoms with Gasteiger partial charge in [0.05, 0.1) is 6.26 Å². The molecular formula is C25H20O3. The van der Waals surface area contributed by atoms with Crippen molar-refractivity contribution in [3.8, 4) is 5.95 Å². The normalized spacial score (nSPS) is 16.1. The highest BCUT2D eigenvalue weighted by atomic mass is 16.6. The molecule has 0 saturated carbocycles. The van der Waals surface area contributed by atoms with E-state index in [1.54, 1.807) is 6.26 Å². The number of aryl methyl sites for hydroxylation is 1. The molecule has 3 heteroatoms. The molecule has 3 aromatic carbocycles. The Labute approximate surface area is 163 Å². The molecule has 5 rings (SSSR count). The molecular weight excluding hydrogens is 348 g/mol. The van der Waals surface area contributed by atoms with Gasteiger partial charge in [-0.05, 0) is 63.9 Å². The number of carbonyl (C=O) groups excluding carboxylic acids is 1. The molecule has 138 valence electrons. The van der Waals surface area contributed by atoms with Crippen molar-refractivity contribution in [1.82, 2.24) is 0 Å². The standard InChI is InChI=1S/C25H20O3/c1-2-24(26)28-25-21(13-14-27-25)18-8-10-20-17(15-18)9-12-22-19-6-4-3-5-16(19)7-11-23(20)22/h2-7,9,11-14,18H,1,8,10,15H2. The molecule has 28 heavy (non-hydrogen) atoms. The van der Waals surface area contributed by atoms with Crippen LogP contribution in [0.4, 0.5) is 0 Å². The molecule has 1 aliphatic carbocycles. The first-order valence-electron chi connectivity index (χ1n) is 9.58. The van der Waals surface area contributed by atoms with E-state index < -0.39 is 5.97 Å². The van der Waals surface area contributed by atoms with Gasteiger partial charge in [-0.2, -0.15) is 0 Å². The highest BCUT2D eigenvalue weighted by Crippen LogP contribution is 2.40. The summed E-state index contributed by atoms with van der Waals surface area (Å²) in [5.41, 5.74) is 3.76. The maximum absolute atomic E-state index is 11.6. The Kier molecular flexibility index (Phi) is 4.01. The van der Waals surface area contributed by atoms with Crippen molar-refractivity contribution in [2.75, 3.05) is 0 Å². The maximum atomic E-state index is 11.6. The van der Waals surface area contributed by atoms with Crippen molar-refractivity contribution in [3.05, 3.63) is 90.2 Å². The summed E-state index contributed by atoms with van der Waals surface area (Å²) in [4.78, 5) is 11.6. The summed E-state index contributed by atoms with van der Waals surface area (Å²) in [7, 11) is 0. The topological polar surface area (TPSA) is 39.4 Å². The number of fused-ring (bicyclic) bond motifs is 5. The summed E-state index contributed by atoms with van der Waals surface area (Å²) in [5, 5.41) is 5.24. The van der Waals surface area contributed by atoms with Crippen LogP contribution in [0.1, 0.15) is 29.0 Å². The van der Waals surface area contributed by atoms with Crippen molar-refractivity contribution < 1.29 is 13.9 Å². The van der Waals surface area contributed by atoms with E-state index >= 15 is 0 Å². The first-order valence-corrected chi connectivity index (χ1v) is 9.58. The van der Waals surface area contributed by atoms with Crippen molar-refractivity contribution in [2.24, 2.45) is 0 Å². The van der Waals surface area contributed by atoms with Gasteiger partial charge in [0, 0.05) is 11.6 Å². The molecule has 0 amide bonds. The van der Waals surface area contributed by atoms with Crippen LogP contribution in [-0.2, 0) is 17.6 Å². The Balaban J connectivity index is 1.53. The molecule has 1 aliphatic rings. The highest BCUT2D eigenvalue weighted by Gasteiger charge is 2.26. The summed E-state index contributed by atoms with van der Waals surface area (Å²) < 4.78 is 10.7. The molecule has 1 unspecified atom stereocenters. The fourth-order valence-corrected chi connectivity index (χ4v) is 4.46. The number of rotatable bonds is 3. The second-order valence-electron chi connectivity index (χ2n) is 7.31. The Bertz CT molecular complexity index is 1220. The van der Waals surface area contributed by atoms with Gasteiger partial charge in [-0.1, -0.05) is 55.1 Å². The van der Waals surface area contributed by atoms with Gasteiger partial charge in [-0.25, -0.2) is 4.79 Å². The first kappa shape index (κ1) is 16.8. The lowest BCUT2D eigenvalue weighted by Crippen LogP contribution is -2.14. The Morgan fingerprint density at radius 3 is 2.79 bits per heavy atom. The van der Waals surface area contributed by atoms with Crippen LogP contribution in [0.25, 0.3) is 21.5 Å². The van der Waals surface area contributed by atoms with Gasteiger partial charge in [-0.15, -0.1) is 0 Å². The lowest BCUT2D eigenvalue weighted by atomic mass is 9.78. The molecule has 4 aromatic rings. The van der Waals surface area contributed by atoms with Crippen LogP contribution < -0.4 is 4.74 Å². The Morgan fingerprint density at radius 2 is 1.89 bits per heavy atom. The third kappa shape index (κ3) is 2.71. The van der Waals surface area contributed by atoms with Crippen LogP contribution in [0.5, 0.6) is 5.95 Å². The minimum atomic E-state index is -0.495. The van der Waals surface area contributed by atoms with Crippen LogP contribution >= 0.6 is 0 Å². The molecule has 3 nitrogen and oxygen atoms in total. The quantitative estimate of drug-likeness (QED) is 0.255. The molecule has 0 radical (unpaired) electrons. The van der Waals surface area contributed by atoms with E-state index in [1.807, 2.05) is 6.07 Å². The largest absolute Gasteiger partial charge is 0.434 e. The SMILES string of the molecule is C=CC(=O)Oc1occc1C1CCc2c(ccc3c2ccc2ccccc23)C1. The lowest BCUT2D eigenvalue weighted by Gasteiger charge is -2.26. The zero-order chi connectivity index (χ0) is 19.1. The van der Waals surface area contributed by atoms with Crippen LogP contribution in [0.2, 0.25) is 0 Å². The average molecular weight is 368 g/mol. The van der Waals surface area contributed by atoms with Crippen molar-refractivity contribution >= 4 is 27.5 Å². The molecule has 0 N–H and O–H groups in total. The molecule has 0 aliphatic heterocycles. The van der Waals surface area contributed by atoms with E-state index in [2.05, 4.69) is 55.1 Å². The van der Waals surface area contributed by atoms with Gasteiger partial charge in [0.1, 0.15) is 0 Å². The van der Waals surface area contributed by atoms with Gasteiger partial charge in [-0.3, -0.25) is 0 Å². The average Bonchev–Trinajstić information content (AvgIpc) is 3.20. The van der Waals surface area contributed by atoms with Crippen LogP contribution in [-0.4, -0.2) is 5.97 Å². The second-order valence-corrected chi connectivity index (χ2v) is 7.31. The third-order valence-corrected chi connectivity index (χ3v) is 5.80. The van der Waals surface area contributed by atoms with E-state index in [0.29, 0.717) is 5.95 Å². The number of ether oxygens (including phenoxy) is 1. The lowest BCUT2D eigenvalue weighted by molar-refractivity contribution is -0.130. The zero-order valence-electron chi connectivity index (χ0n) is 15.5. The number of esters is 1. The number of furan rings is 1. The maximum Gasteiger partial charge on any atom is 0.337 e. The summed E-state index contributed by atoms with van der Waals surface area (Å²) in [6.07, 6.45) is 5.64. The van der Waals surface area contributed by atoms with Crippen LogP contribution in [0.15, 0.2) is 77.9 Å². The predicted molar refractivity (Wildman–Crippen MR) is 111 cm³/mol. The van der Waals surface area contributed by atoms with E-state index in [0.717, 1.165) is 30.9 Å². The molecule has 1 atom stereocenters.